The number of H-pyrrole nitrogens is 1. The molecule has 0 radical (unpaired) electrons. The number of anilines is 3. The third-order valence-electron chi connectivity index (χ3n) is 5.31. The highest BCUT2D eigenvalue weighted by atomic mass is 32.2. The molecule has 38 heavy (non-hydrogen) atoms. The summed E-state index contributed by atoms with van der Waals surface area (Å²) < 4.78 is 63.8. The molecular formula is C25H19F2N7O3S. The van der Waals surface area contributed by atoms with Gasteiger partial charge in [-0.3, -0.25) is 4.72 Å². The first-order valence-electron chi connectivity index (χ1n) is 11.1. The molecule has 0 bridgehead atoms. The van der Waals surface area contributed by atoms with Crippen molar-refractivity contribution >= 4 is 38.4 Å². The Kier molecular flexibility index (Phi) is 6.66. The summed E-state index contributed by atoms with van der Waals surface area (Å²) >= 11 is 0. The molecule has 192 valence electrons. The predicted molar refractivity (Wildman–Crippen MR) is 139 cm³/mol. The van der Waals surface area contributed by atoms with E-state index >= 15 is 4.39 Å². The second kappa shape index (κ2) is 10.2. The standard InChI is InChI=1S/C25H19F2N7O3S/c1-15-6-3-2-4-11-37-19(12-15)38(35,36)34-18-9-8-17(26)22(20(18)27)33-24-16(7-5-10-28-24)21-23-25(31-13-29-21)32-14-30-23/h2-10,12-14,34H,1,11H2,(H,28,33)(H,29,30,31,32)/b4-2-,6-3-,19-12?. The molecule has 1 aliphatic rings. The van der Waals surface area contributed by atoms with E-state index in [0.29, 0.717) is 28.0 Å². The van der Waals surface area contributed by atoms with Gasteiger partial charge in [0.05, 0.1) is 12.0 Å². The van der Waals surface area contributed by atoms with Crippen molar-refractivity contribution in [3.8, 4) is 11.3 Å². The molecule has 0 atom stereocenters. The maximum absolute atomic E-state index is 15.5. The Bertz CT molecular complexity index is 1750. The number of nitrogens with zero attached hydrogens (tertiary/aromatic N) is 4. The molecule has 13 heteroatoms. The van der Waals surface area contributed by atoms with E-state index in [-0.39, 0.29) is 12.4 Å². The van der Waals surface area contributed by atoms with Gasteiger partial charge in [0.15, 0.2) is 11.5 Å². The summed E-state index contributed by atoms with van der Waals surface area (Å²) in [4.78, 5) is 19.6. The summed E-state index contributed by atoms with van der Waals surface area (Å²) in [5, 5.41) is 2.16. The number of aromatic nitrogens is 5. The summed E-state index contributed by atoms with van der Waals surface area (Å²) in [7, 11) is -4.39. The maximum atomic E-state index is 15.5. The molecule has 0 unspecified atom stereocenters. The van der Waals surface area contributed by atoms with Crippen molar-refractivity contribution in [3.05, 3.63) is 102 Å². The van der Waals surface area contributed by atoms with E-state index in [9.17, 15) is 12.8 Å². The Hall–Kier alpha value is -4.91. The molecule has 0 aliphatic carbocycles. The van der Waals surface area contributed by atoms with Gasteiger partial charge in [0, 0.05) is 17.8 Å². The molecule has 3 aromatic heterocycles. The monoisotopic (exact) mass is 535 g/mol. The minimum absolute atomic E-state index is 0.0435. The molecule has 0 saturated heterocycles. The fourth-order valence-electron chi connectivity index (χ4n) is 3.56. The van der Waals surface area contributed by atoms with Crippen molar-refractivity contribution in [2.75, 3.05) is 16.6 Å². The number of aromatic amines is 1. The minimum atomic E-state index is -4.39. The van der Waals surface area contributed by atoms with Crippen LogP contribution in [0.5, 0.6) is 0 Å². The Morgan fingerprint density at radius 2 is 1.95 bits per heavy atom. The lowest BCUT2D eigenvalue weighted by atomic mass is 10.1. The number of nitrogens with one attached hydrogen (secondary N) is 3. The number of imidazole rings is 1. The molecule has 4 heterocycles. The van der Waals surface area contributed by atoms with Gasteiger partial charge in [0.25, 0.3) is 10.0 Å². The van der Waals surface area contributed by atoms with Gasteiger partial charge in [-0.15, -0.1) is 0 Å². The van der Waals surface area contributed by atoms with E-state index < -0.39 is 38.1 Å². The minimum Gasteiger partial charge on any atom is -0.478 e. The number of rotatable bonds is 6. The molecule has 1 aromatic carbocycles. The summed E-state index contributed by atoms with van der Waals surface area (Å²) in [5.74, 6) is -2.10. The van der Waals surface area contributed by atoms with Gasteiger partial charge in [-0.25, -0.2) is 28.7 Å². The van der Waals surface area contributed by atoms with Gasteiger partial charge >= 0.3 is 0 Å². The van der Waals surface area contributed by atoms with Crippen LogP contribution in [0.25, 0.3) is 22.4 Å². The van der Waals surface area contributed by atoms with Crippen LogP contribution in [0.15, 0.2) is 90.7 Å². The lowest BCUT2D eigenvalue weighted by molar-refractivity contribution is 0.272. The topological polar surface area (TPSA) is 135 Å². The number of ether oxygens (including phenoxy) is 1. The SMILES string of the molecule is C=C1C=C(S(=O)(=O)Nc2ccc(F)c(Nc3ncccc3-c3ncnc4nc[nH]c34)c2F)OC/C=C\C=C/1. The van der Waals surface area contributed by atoms with Crippen LogP contribution in [-0.2, 0) is 14.8 Å². The largest absolute Gasteiger partial charge is 0.478 e. The fraction of sp³-hybridized carbons (Fsp3) is 0.0400. The van der Waals surface area contributed by atoms with Crippen LogP contribution in [0.2, 0.25) is 0 Å². The van der Waals surface area contributed by atoms with Crippen molar-refractivity contribution in [1.82, 2.24) is 24.9 Å². The van der Waals surface area contributed by atoms with Crippen molar-refractivity contribution < 1.29 is 21.9 Å². The van der Waals surface area contributed by atoms with Crippen molar-refractivity contribution in [1.29, 1.82) is 0 Å². The van der Waals surface area contributed by atoms with Crippen molar-refractivity contribution in [2.45, 2.75) is 0 Å². The molecule has 0 fully saturated rings. The summed E-state index contributed by atoms with van der Waals surface area (Å²) in [6.45, 7) is 3.70. The first kappa shape index (κ1) is 24.8. The van der Waals surface area contributed by atoms with Gasteiger partial charge in [0.1, 0.15) is 41.5 Å². The summed E-state index contributed by atoms with van der Waals surface area (Å²) in [6.07, 6.45) is 11.9. The van der Waals surface area contributed by atoms with E-state index in [0.717, 1.165) is 12.1 Å². The average Bonchev–Trinajstić information content (AvgIpc) is 3.42. The van der Waals surface area contributed by atoms with Crippen LogP contribution in [0.1, 0.15) is 0 Å². The van der Waals surface area contributed by atoms with Gasteiger partial charge in [-0.2, -0.15) is 8.42 Å². The van der Waals surface area contributed by atoms with Crippen LogP contribution in [-0.4, -0.2) is 39.9 Å². The molecule has 0 amide bonds. The first-order valence-corrected chi connectivity index (χ1v) is 12.6. The van der Waals surface area contributed by atoms with E-state index in [1.807, 2.05) is 0 Å². The number of hydrogen-bond acceptors (Lipinski definition) is 8. The number of pyridine rings is 1. The van der Waals surface area contributed by atoms with Crippen LogP contribution in [0.3, 0.4) is 0 Å². The summed E-state index contributed by atoms with van der Waals surface area (Å²) in [6, 6.07) is 5.17. The third kappa shape index (κ3) is 4.99. The second-order valence-electron chi connectivity index (χ2n) is 7.87. The number of hydrogen-bond donors (Lipinski definition) is 3. The highest BCUT2D eigenvalue weighted by molar-refractivity contribution is 7.96. The van der Waals surface area contributed by atoms with E-state index in [4.69, 9.17) is 4.74 Å². The smallest absolute Gasteiger partial charge is 0.295 e. The predicted octanol–water partition coefficient (Wildman–Crippen LogP) is 4.72. The molecule has 0 saturated carbocycles. The molecular weight excluding hydrogens is 516 g/mol. The Balaban J connectivity index is 1.50. The van der Waals surface area contributed by atoms with E-state index in [1.54, 1.807) is 36.4 Å². The van der Waals surface area contributed by atoms with Crippen LogP contribution in [0.4, 0.5) is 26.0 Å². The van der Waals surface area contributed by atoms with Gasteiger partial charge in [-0.05, 0) is 35.9 Å². The van der Waals surface area contributed by atoms with Crippen LogP contribution in [0, 0.1) is 11.6 Å². The van der Waals surface area contributed by atoms with E-state index in [1.165, 1.54) is 24.9 Å². The third-order valence-corrected chi connectivity index (χ3v) is 6.57. The molecule has 4 aromatic rings. The van der Waals surface area contributed by atoms with Crippen molar-refractivity contribution in [2.24, 2.45) is 0 Å². The van der Waals surface area contributed by atoms with Gasteiger partial charge < -0.3 is 15.0 Å². The summed E-state index contributed by atoms with van der Waals surface area (Å²) in [5.41, 5.74) is 0.906. The normalized spacial score (nSPS) is 15.5. The highest BCUT2D eigenvalue weighted by Crippen LogP contribution is 2.34. The van der Waals surface area contributed by atoms with Crippen LogP contribution < -0.4 is 10.0 Å². The number of benzene rings is 1. The molecule has 10 nitrogen and oxygen atoms in total. The molecule has 1 aliphatic heterocycles. The quantitative estimate of drug-likeness (QED) is 0.323. The second-order valence-corrected chi connectivity index (χ2v) is 9.49. The lowest BCUT2D eigenvalue weighted by Gasteiger charge is -2.16. The lowest BCUT2D eigenvalue weighted by Crippen LogP contribution is -2.19. The number of allylic oxidation sites excluding steroid dienone is 5. The number of halogens is 2. The molecule has 3 N–H and O–H groups in total. The Labute approximate surface area is 215 Å². The zero-order chi connectivity index (χ0) is 26.7. The number of fused-ring (bicyclic) bond motifs is 1. The molecule has 0 spiro atoms. The van der Waals surface area contributed by atoms with Crippen molar-refractivity contribution in [3.63, 3.8) is 0 Å². The average molecular weight is 536 g/mol. The molecule has 5 rings (SSSR count). The zero-order valence-electron chi connectivity index (χ0n) is 19.5. The highest BCUT2D eigenvalue weighted by Gasteiger charge is 2.24. The number of sulfonamides is 1. The first-order chi connectivity index (χ1) is 18.3. The Morgan fingerprint density at radius 3 is 2.82 bits per heavy atom. The van der Waals surface area contributed by atoms with Gasteiger partial charge in [0.2, 0.25) is 5.09 Å². The zero-order valence-corrected chi connectivity index (χ0v) is 20.3. The van der Waals surface area contributed by atoms with Gasteiger partial charge in [-0.1, -0.05) is 24.8 Å². The fourth-order valence-corrected chi connectivity index (χ4v) is 4.64. The van der Waals surface area contributed by atoms with E-state index in [2.05, 4.69) is 41.5 Å². The Morgan fingerprint density at radius 1 is 1.08 bits per heavy atom. The maximum Gasteiger partial charge on any atom is 0.295 e. The van der Waals surface area contributed by atoms with Crippen LogP contribution >= 0.6 is 0 Å².